The van der Waals surface area contributed by atoms with E-state index in [9.17, 15) is 4.79 Å². The van der Waals surface area contributed by atoms with Crippen LogP contribution in [0.3, 0.4) is 0 Å². The minimum Gasteiger partial charge on any atom is -0.497 e. The van der Waals surface area contributed by atoms with Gasteiger partial charge in [-0.05, 0) is 57.1 Å². The van der Waals surface area contributed by atoms with Crippen molar-refractivity contribution in [1.82, 2.24) is 24.8 Å². The molecule has 0 N–H and O–H groups in total. The van der Waals surface area contributed by atoms with Gasteiger partial charge in [0.25, 0.3) is 0 Å². The number of amides is 1. The Hall–Kier alpha value is -2.45. The van der Waals surface area contributed by atoms with Crippen LogP contribution >= 0.6 is 0 Å². The second-order valence-electron chi connectivity index (χ2n) is 8.57. The molecule has 4 rings (SSSR count). The lowest BCUT2D eigenvalue weighted by atomic mass is 10.0. The lowest BCUT2D eigenvalue weighted by molar-refractivity contribution is -0.133. The van der Waals surface area contributed by atoms with Crippen LogP contribution in [0.2, 0.25) is 0 Å². The molecule has 3 heterocycles. The predicted octanol–water partition coefficient (Wildman–Crippen LogP) is 2.31. The van der Waals surface area contributed by atoms with Crippen molar-refractivity contribution in [2.24, 2.45) is 0 Å². The molecular formula is C23H33N5O3. The Morgan fingerprint density at radius 2 is 1.94 bits per heavy atom. The van der Waals surface area contributed by atoms with E-state index in [0.717, 1.165) is 50.5 Å². The Labute approximate surface area is 184 Å². The van der Waals surface area contributed by atoms with E-state index in [1.54, 1.807) is 7.11 Å². The number of likely N-dealkylation sites (N-methyl/N-ethyl adjacent to an activating group) is 1. The van der Waals surface area contributed by atoms with Crippen LogP contribution in [-0.2, 0) is 11.2 Å². The van der Waals surface area contributed by atoms with Crippen molar-refractivity contribution in [3.8, 4) is 17.1 Å². The van der Waals surface area contributed by atoms with Gasteiger partial charge in [0.05, 0.1) is 7.11 Å². The third kappa shape index (κ3) is 5.62. The molecule has 2 aliphatic rings. The standard InChI is InChI=1S/C23H33N5O3/c1-26-12-4-5-19(17-26)27-13-15-28(16-14-27)22(29)7-3-6-21-24-23(25-31-21)18-8-10-20(30-2)11-9-18/h8-11,19H,3-7,12-17H2,1-2H3. The van der Waals surface area contributed by atoms with Crippen LogP contribution in [0.4, 0.5) is 0 Å². The van der Waals surface area contributed by atoms with Crippen molar-refractivity contribution in [2.45, 2.75) is 38.1 Å². The van der Waals surface area contributed by atoms with Gasteiger partial charge in [-0.1, -0.05) is 5.16 Å². The summed E-state index contributed by atoms with van der Waals surface area (Å²) in [5.74, 6) is 2.16. The summed E-state index contributed by atoms with van der Waals surface area (Å²) >= 11 is 0. The van der Waals surface area contributed by atoms with Crippen LogP contribution in [0.15, 0.2) is 28.8 Å². The summed E-state index contributed by atoms with van der Waals surface area (Å²) in [7, 11) is 3.84. The third-order valence-corrected chi connectivity index (χ3v) is 6.38. The number of methoxy groups -OCH3 is 1. The minimum atomic E-state index is 0.232. The lowest BCUT2D eigenvalue weighted by Crippen LogP contribution is -2.55. The molecule has 1 amide bonds. The number of piperidine rings is 1. The minimum absolute atomic E-state index is 0.232. The normalized spacial score (nSPS) is 20.7. The summed E-state index contributed by atoms with van der Waals surface area (Å²) in [6.45, 7) is 5.99. The molecule has 1 atom stereocenters. The first kappa shape index (κ1) is 21.8. The summed E-state index contributed by atoms with van der Waals surface area (Å²) in [6, 6.07) is 8.20. The van der Waals surface area contributed by atoms with E-state index in [0.29, 0.717) is 30.6 Å². The van der Waals surface area contributed by atoms with Gasteiger partial charge in [-0.3, -0.25) is 9.69 Å². The molecule has 8 nitrogen and oxygen atoms in total. The second kappa shape index (κ2) is 10.2. The summed E-state index contributed by atoms with van der Waals surface area (Å²) in [5, 5.41) is 4.06. The SMILES string of the molecule is COc1ccc(-c2noc(CCCC(=O)N3CCN(C4CCCN(C)C4)CC3)n2)cc1. The monoisotopic (exact) mass is 427 g/mol. The molecule has 2 aliphatic heterocycles. The van der Waals surface area contributed by atoms with Crippen molar-refractivity contribution < 1.29 is 14.1 Å². The zero-order chi connectivity index (χ0) is 21.6. The number of rotatable bonds is 7. The maximum atomic E-state index is 12.6. The number of carbonyl (C=O) groups is 1. The predicted molar refractivity (Wildman–Crippen MR) is 118 cm³/mol. The number of aromatic nitrogens is 2. The zero-order valence-electron chi connectivity index (χ0n) is 18.6. The molecule has 1 unspecified atom stereocenters. The van der Waals surface area contributed by atoms with Gasteiger partial charge in [-0.15, -0.1) is 0 Å². The van der Waals surface area contributed by atoms with Crippen LogP contribution in [0.1, 0.15) is 31.6 Å². The number of hydrogen-bond donors (Lipinski definition) is 0. The highest BCUT2D eigenvalue weighted by atomic mass is 16.5. The highest BCUT2D eigenvalue weighted by molar-refractivity contribution is 5.76. The average molecular weight is 428 g/mol. The van der Waals surface area contributed by atoms with Gasteiger partial charge < -0.3 is 19.1 Å². The van der Waals surface area contributed by atoms with E-state index in [1.165, 1.54) is 19.4 Å². The van der Waals surface area contributed by atoms with Crippen molar-refractivity contribution in [3.05, 3.63) is 30.2 Å². The fourth-order valence-corrected chi connectivity index (χ4v) is 4.54. The molecule has 1 aromatic heterocycles. The van der Waals surface area contributed by atoms with Crippen molar-refractivity contribution >= 4 is 5.91 Å². The number of nitrogens with zero attached hydrogens (tertiary/aromatic N) is 5. The number of carbonyl (C=O) groups excluding carboxylic acids is 1. The van der Waals surface area contributed by atoms with Crippen molar-refractivity contribution in [2.75, 3.05) is 53.4 Å². The number of benzene rings is 1. The van der Waals surface area contributed by atoms with Gasteiger partial charge in [0.1, 0.15) is 5.75 Å². The fourth-order valence-electron chi connectivity index (χ4n) is 4.54. The van der Waals surface area contributed by atoms with E-state index >= 15 is 0 Å². The van der Waals surface area contributed by atoms with Gasteiger partial charge in [0.15, 0.2) is 0 Å². The van der Waals surface area contributed by atoms with Gasteiger partial charge >= 0.3 is 0 Å². The Bertz CT molecular complexity index is 845. The smallest absolute Gasteiger partial charge is 0.226 e. The van der Waals surface area contributed by atoms with Crippen LogP contribution in [0.25, 0.3) is 11.4 Å². The fraction of sp³-hybridized carbons (Fsp3) is 0.609. The van der Waals surface area contributed by atoms with Crippen LogP contribution < -0.4 is 4.74 Å². The summed E-state index contributed by atoms with van der Waals surface area (Å²) < 4.78 is 10.5. The van der Waals surface area contributed by atoms with Crippen LogP contribution in [-0.4, -0.2) is 90.2 Å². The average Bonchev–Trinajstić information content (AvgIpc) is 3.28. The Morgan fingerprint density at radius 1 is 1.16 bits per heavy atom. The van der Waals surface area contributed by atoms with E-state index < -0.39 is 0 Å². The Balaban J connectivity index is 1.19. The zero-order valence-corrected chi connectivity index (χ0v) is 18.6. The number of aryl methyl sites for hydroxylation is 1. The van der Waals surface area contributed by atoms with Gasteiger partial charge in [-0.2, -0.15) is 4.98 Å². The van der Waals surface area contributed by atoms with Crippen molar-refractivity contribution in [1.29, 1.82) is 0 Å². The van der Waals surface area contributed by atoms with E-state index in [2.05, 4.69) is 27.0 Å². The number of ether oxygens (including phenoxy) is 1. The molecule has 8 heteroatoms. The van der Waals surface area contributed by atoms with Gasteiger partial charge in [-0.25, -0.2) is 0 Å². The van der Waals surface area contributed by atoms with E-state index in [4.69, 9.17) is 9.26 Å². The molecular weight excluding hydrogens is 394 g/mol. The maximum Gasteiger partial charge on any atom is 0.226 e. The highest BCUT2D eigenvalue weighted by Gasteiger charge is 2.28. The van der Waals surface area contributed by atoms with Crippen LogP contribution in [0.5, 0.6) is 5.75 Å². The molecule has 31 heavy (non-hydrogen) atoms. The molecule has 0 radical (unpaired) electrons. The second-order valence-corrected chi connectivity index (χ2v) is 8.57. The third-order valence-electron chi connectivity index (χ3n) is 6.38. The number of piperazine rings is 1. The molecule has 0 saturated carbocycles. The molecule has 2 saturated heterocycles. The maximum absolute atomic E-state index is 12.6. The Morgan fingerprint density at radius 3 is 2.65 bits per heavy atom. The van der Waals surface area contributed by atoms with Crippen molar-refractivity contribution in [3.63, 3.8) is 0 Å². The Kier molecular flexibility index (Phi) is 7.19. The molecule has 0 bridgehead atoms. The topological polar surface area (TPSA) is 74.9 Å². The first-order valence-corrected chi connectivity index (χ1v) is 11.3. The largest absolute Gasteiger partial charge is 0.497 e. The first-order valence-electron chi connectivity index (χ1n) is 11.3. The summed E-state index contributed by atoms with van der Waals surface area (Å²) in [6.07, 6.45) is 4.41. The van der Waals surface area contributed by atoms with Gasteiger partial charge in [0.2, 0.25) is 17.6 Å². The molecule has 0 spiro atoms. The number of likely N-dealkylation sites (tertiary alicyclic amines) is 1. The molecule has 0 aliphatic carbocycles. The molecule has 1 aromatic carbocycles. The van der Waals surface area contributed by atoms with Crippen LogP contribution in [0, 0.1) is 0 Å². The summed E-state index contributed by atoms with van der Waals surface area (Å²) in [4.78, 5) is 24.1. The quantitative estimate of drug-likeness (QED) is 0.671. The lowest BCUT2D eigenvalue weighted by Gasteiger charge is -2.42. The first-order chi connectivity index (χ1) is 15.1. The molecule has 2 fully saturated rings. The van der Waals surface area contributed by atoms with E-state index in [-0.39, 0.29) is 5.91 Å². The molecule has 168 valence electrons. The number of hydrogen-bond acceptors (Lipinski definition) is 7. The van der Waals surface area contributed by atoms with Gasteiger partial charge in [0, 0.05) is 57.2 Å². The highest BCUT2D eigenvalue weighted by Crippen LogP contribution is 2.21. The van der Waals surface area contributed by atoms with E-state index in [1.807, 2.05) is 29.2 Å². The molecule has 2 aromatic rings. The summed E-state index contributed by atoms with van der Waals surface area (Å²) in [5.41, 5.74) is 0.883.